The zero-order valence-electron chi connectivity index (χ0n) is 11.0. The predicted molar refractivity (Wildman–Crippen MR) is 69.8 cm³/mol. The molecule has 0 radical (unpaired) electrons. The fraction of sp³-hybridized carbons (Fsp3) is 0.571. The molecule has 1 saturated carbocycles. The lowest BCUT2D eigenvalue weighted by Crippen LogP contribution is -2.24. The van der Waals surface area contributed by atoms with Crippen LogP contribution in [0.25, 0.3) is 0 Å². The van der Waals surface area contributed by atoms with E-state index in [9.17, 15) is 17.6 Å². The van der Waals surface area contributed by atoms with Gasteiger partial charge >= 0.3 is 6.18 Å². The number of alkyl halides is 3. The Morgan fingerprint density at radius 1 is 1.20 bits per heavy atom. The molecule has 20 heavy (non-hydrogen) atoms. The fourth-order valence-corrected chi connectivity index (χ4v) is 2.77. The number of benzene rings is 1. The predicted octanol–water partition coefficient (Wildman–Crippen LogP) is 3.63. The molecule has 2 nitrogen and oxygen atoms in total. The molecule has 1 aliphatic carbocycles. The summed E-state index contributed by atoms with van der Waals surface area (Å²) in [6, 6.07) is 2.56. The molecule has 3 N–H and O–H groups in total. The second kappa shape index (κ2) is 5.99. The van der Waals surface area contributed by atoms with Crippen LogP contribution in [0.4, 0.5) is 23.2 Å². The highest BCUT2D eigenvalue weighted by molar-refractivity contribution is 5.46. The van der Waals surface area contributed by atoms with Crippen molar-refractivity contribution in [1.29, 1.82) is 0 Å². The molecular formula is C14H18F4N2. The summed E-state index contributed by atoms with van der Waals surface area (Å²) in [5.74, 6) is -0.0937. The lowest BCUT2D eigenvalue weighted by molar-refractivity contribution is -0.137. The van der Waals surface area contributed by atoms with Crippen molar-refractivity contribution in [3.63, 3.8) is 0 Å². The van der Waals surface area contributed by atoms with E-state index < -0.39 is 17.6 Å². The van der Waals surface area contributed by atoms with Gasteiger partial charge in [0.25, 0.3) is 0 Å². The number of anilines is 1. The fourth-order valence-electron chi connectivity index (χ4n) is 2.77. The van der Waals surface area contributed by atoms with Crippen LogP contribution in [0.15, 0.2) is 18.2 Å². The van der Waals surface area contributed by atoms with Crippen molar-refractivity contribution in [2.75, 3.05) is 18.4 Å². The van der Waals surface area contributed by atoms with E-state index in [1.807, 2.05) is 0 Å². The molecule has 0 bridgehead atoms. The summed E-state index contributed by atoms with van der Waals surface area (Å²) in [6.45, 7) is 1.14. The Bertz CT molecular complexity index is 459. The number of hydrogen-bond acceptors (Lipinski definition) is 2. The number of nitrogens with one attached hydrogen (secondary N) is 1. The number of halogens is 4. The molecule has 2 atom stereocenters. The zero-order chi connectivity index (χ0) is 14.8. The highest BCUT2D eigenvalue weighted by Crippen LogP contribution is 2.33. The lowest BCUT2D eigenvalue weighted by Gasteiger charge is -2.19. The van der Waals surface area contributed by atoms with E-state index in [1.54, 1.807) is 0 Å². The van der Waals surface area contributed by atoms with Gasteiger partial charge in [0.2, 0.25) is 0 Å². The number of hydrogen-bond donors (Lipinski definition) is 2. The van der Waals surface area contributed by atoms with E-state index in [0.717, 1.165) is 31.4 Å². The van der Waals surface area contributed by atoms with E-state index in [0.29, 0.717) is 31.0 Å². The molecule has 0 saturated heterocycles. The Hall–Kier alpha value is -1.30. The van der Waals surface area contributed by atoms with Crippen molar-refractivity contribution >= 4 is 5.69 Å². The van der Waals surface area contributed by atoms with Gasteiger partial charge in [0, 0.05) is 6.54 Å². The van der Waals surface area contributed by atoms with Gasteiger partial charge in [0.05, 0.1) is 11.3 Å². The minimum atomic E-state index is -4.52. The molecule has 6 heteroatoms. The lowest BCUT2D eigenvalue weighted by atomic mass is 9.96. The highest BCUT2D eigenvalue weighted by Gasteiger charge is 2.31. The number of nitrogens with two attached hydrogens (primary N) is 1. The first kappa shape index (κ1) is 15.1. The average Bonchev–Trinajstić information content (AvgIpc) is 2.83. The third-order valence-electron chi connectivity index (χ3n) is 3.97. The molecule has 1 aromatic carbocycles. The average molecular weight is 290 g/mol. The molecule has 112 valence electrons. The van der Waals surface area contributed by atoms with E-state index in [2.05, 4.69) is 5.32 Å². The summed E-state index contributed by atoms with van der Waals surface area (Å²) in [4.78, 5) is 0. The maximum Gasteiger partial charge on any atom is 0.416 e. The van der Waals surface area contributed by atoms with Gasteiger partial charge in [-0.15, -0.1) is 0 Å². The Kier molecular flexibility index (Phi) is 4.52. The first-order valence-electron chi connectivity index (χ1n) is 6.72. The minimum absolute atomic E-state index is 0.112. The van der Waals surface area contributed by atoms with Crippen LogP contribution in [0.2, 0.25) is 0 Å². The molecule has 2 rings (SSSR count). The Morgan fingerprint density at radius 2 is 1.90 bits per heavy atom. The molecule has 0 heterocycles. The summed E-state index contributed by atoms with van der Waals surface area (Å²) in [6.07, 6.45) is -1.32. The maximum atomic E-state index is 13.6. The second-order valence-corrected chi connectivity index (χ2v) is 5.26. The van der Waals surface area contributed by atoms with Crippen LogP contribution in [0.3, 0.4) is 0 Å². The Morgan fingerprint density at radius 3 is 2.50 bits per heavy atom. The zero-order valence-corrected chi connectivity index (χ0v) is 11.0. The van der Waals surface area contributed by atoms with Crippen LogP contribution in [0.5, 0.6) is 0 Å². The molecule has 0 aliphatic heterocycles. The maximum absolute atomic E-state index is 13.6. The van der Waals surface area contributed by atoms with E-state index >= 15 is 0 Å². The van der Waals surface area contributed by atoms with Crippen molar-refractivity contribution in [3.05, 3.63) is 29.6 Å². The normalized spacial score (nSPS) is 23.1. The van der Waals surface area contributed by atoms with E-state index in [4.69, 9.17) is 5.73 Å². The summed E-state index contributed by atoms with van der Waals surface area (Å²) in [5.41, 5.74) is 4.80. The third-order valence-corrected chi connectivity index (χ3v) is 3.97. The highest BCUT2D eigenvalue weighted by atomic mass is 19.4. The van der Waals surface area contributed by atoms with Crippen molar-refractivity contribution in [3.8, 4) is 0 Å². The van der Waals surface area contributed by atoms with Crippen LogP contribution in [-0.4, -0.2) is 13.1 Å². The quantitative estimate of drug-likeness (QED) is 0.831. The van der Waals surface area contributed by atoms with Crippen LogP contribution in [0.1, 0.15) is 24.8 Å². The standard InChI is InChI=1S/C14H18F4N2/c15-12-6-11(14(16,17)18)4-5-13(12)20-8-10-3-1-2-9(10)7-19/h4-6,9-10,20H,1-3,7-8,19H2. The largest absolute Gasteiger partial charge is 0.416 e. The summed E-state index contributed by atoms with van der Waals surface area (Å²) in [5, 5.41) is 2.90. The molecule has 0 amide bonds. The summed E-state index contributed by atoms with van der Waals surface area (Å²) in [7, 11) is 0. The van der Waals surface area contributed by atoms with Gasteiger partial charge in [-0.05, 0) is 49.4 Å². The first-order valence-corrected chi connectivity index (χ1v) is 6.72. The number of rotatable bonds is 4. The Labute approximate surface area is 115 Å². The molecule has 2 unspecified atom stereocenters. The van der Waals surface area contributed by atoms with Crippen LogP contribution in [0, 0.1) is 17.7 Å². The van der Waals surface area contributed by atoms with Gasteiger partial charge in [-0.2, -0.15) is 13.2 Å². The van der Waals surface area contributed by atoms with Gasteiger partial charge in [-0.1, -0.05) is 6.42 Å². The smallest absolute Gasteiger partial charge is 0.382 e. The topological polar surface area (TPSA) is 38.0 Å². The van der Waals surface area contributed by atoms with E-state index in [-0.39, 0.29) is 5.69 Å². The van der Waals surface area contributed by atoms with Crippen molar-refractivity contribution in [2.45, 2.75) is 25.4 Å². The SMILES string of the molecule is NCC1CCCC1CNc1ccc(C(F)(F)F)cc1F. The molecular weight excluding hydrogens is 272 g/mol. The van der Waals surface area contributed by atoms with Gasteiger partial charge in [0.15, 0.2) is 0 Å². The third kappa shape index (κ3) is 3.42. The van der Waals surface area contributed by atoms with Gasteiger partial charge < -0.3 is 11.1 Å². The van der Waals surface area contributed by atoms with Crippen molar-refractivity contribution in [2.24, 2.45) is 17.6 Å². The summed E-state index contributed by atoms with van der Waals surface area (Å²) >= 11 is 0. The Balaban J connectivity index is 2.00. The minimum Gasteiger partial charge on any atom is -0.382 e. The van der Waals surface area contributed by atoms with Gasteiger partial charge in [-0.25, -0.2) is 4.39 Å². The molecule has 1 aromatic rings. The van der Waals surface area contributed by atoms with Gasteiger partial charge in [0.1, 0.15) is 5.82 Å². The molecule has 0 aromatic heterocycles. The second-order valence-electron chi connectivity index (χ2n) is 5.26. The molecule has 1 aliphatic rings. The van der Waals surface area contributed by atoms with Crippen molar-refractivity contribution in [1.82, 2.24) is 0 Å². The van der Waals surface area contributed by atoms with Crippen LogP contribution < -0.4 is 11.1 Å². The van der Waals surface area contributed by atoms with Crippen molar-refractivity contribution < 1.29 is 17.6 Å². The molecule has 1 fully saturated rings. The summed E-state index contributed by atoms with van der Waals surface area (Å²) < 4.78 is 50.9. The van der Waals surface area contributed by atoms with Crippen LogP contribution in [-0.2, 0) is 6.18 Å². The monoisotopic (exact) mass is 290 g/mol. The van der Waals surface area contributed by atoms with Crippen LogP contribution >= 0.6 is 0 Å². The van der Waals surface area contributed by atoms with Gasteiger partial charge in [-0.3, -0.25) is 0 Å². The first-order chi connectivity index (χ1) is 9.41. The molecule has 0 spiro atoms. The van der Waals surface area contributed by atoms with E-state index in [1.165, 1.54) is 0 Å².